The zero-order valence-corrected chi connectivity index (χ0v) is 26.9. The molecular formula is C39H62. The Morgan fingerprint density at radius 1 is 0.487 bits per heavy atom. The van der Waals surface area contributed by atoms with Crippen LogP contribution in [0.3, 0.4) is 0 Å². The van der Waals surface area contributed by atoms with E-state index in [0.717, 1.165) is 11.8 Å². The zero-order valence-electron chi connectivity index (χ0n) is 26.9. The van der Waals surface area contributed by atoms with Crippen LogP contribution < -0.4 is 0 Å². The summed E-state index contributed by atoms with van der Waals surface area (Å²) in [5.74, 6) is 2.01. The second kappa shape index (κ2) is 22.2. The van der Waals surface area contributed by atoms with Gasteiger partial charge in [0, 0.05) is 0 Å². The van der Waals surface area contributed by atoms with Gasteiger partial charge in [-0.05, 0) is 114 Å². The fourth-order valence-corrected chi connectivity index (χ4v) is 3.95. The molecule has 0 heterocycles. The standard InChI is InChI=1S/2C9H12.C8H16.C8H10.C4H8.CH4/c2*1-7-4-5-8(2)9(3)6-7;2*1-7-5-3-4-6-8(7)2;1-3-4-2;/h2*4-6H,1-3H3;7-8H,3-6H2,1-2H3;3-6H,1-2H3;3-4H,1-2H3;1H4/b;;;;4-3-;. The van der Waals surface area contributed by atoms with Gasteiger partial charge in [-0.3, -0.25) is 0 Å². The maximum absolute atomic E-state index is 2.38. The Morgan fingerprint density at radius 3 is 1.00 bits per heavy atom. The lowest BCUT2D eigenvalue weighted by Gasteiger charge is -2.24. The molecule has 0 aliphatic heterocycles. The van der Waals surface area contributed by atoms with E-state index >= 15 is 0 Å². The van der Waals surface area contributed by atoms with Crippen LogP contribution in [0.2, 0.25) is 0 Å². The minimum atomic E-state index is 0. The van der Waals surface area contributed by atoms with Crippen LogP contribution in [0.5, 0.6) is 0 Å². The van der Waals surface area contributed by atoms with Gasteiger partial charge in [-0.2, -0.15) is 0 Å². The van der Waals surface area contributed by atoms with E-state index in [4.69, 9.17) is 0 Å². The Hall–Kier alpha value is -2.60. The largest absolute Gasteiger partial charge is 0.0919 e. The highest BCUT2D eigenvalue weighted by atomic mass is 14.2. The molecule has 0 heteroatoms. The van der Waals surface area contributed by atoms with Crippen molar-refractivity contribution >= 4 is 0 Å². The number of allylic oxidation sites excluding steroid dienone is 2. The normalized spacial score (nSPS) is 15.5. The van der Waals surface area contributed by atoms with Crippen molar-refractivity contribution in [3.63, 3.8) is 0 Å². The van der Waals surface area contributed by atoms with Gasteiger partial charge in [0.2, 0.25) is 0 Å². The third-order valence-corrected chi connectivity index (χ3v) is 7.62. The molecule has 0 N–H and O–H groups in total. The van der Waals surface area contributed by atoms with Crippen molar-refractivity contribution < 1.29 is 0 Å². The van der Waals surface area contributed by atoms with Gasteiger partial charge < -0.3 is 0 Å². The Kier molecular flexibility index (Phi) is 22.0. The summed E-state index contributed by atoms with van der Waals surface area (Å²) >= 11 is 0. The monoisotopic (exact) mass is 530 g/mol. The summed E-state index contributed by atoms with van der Waals surface area (Å²) in [4.78, 5) is 0. The van der Waals surface area contributed by atoms with Crippen LogP contribution in [0.4, 0.5) is 0 Å². The van der Waals surface area contributed by atoms with Crippen molar-refractivity contribution in [1.29, 1.82) is 0 Å². The van der Waals surface area contributed by atoms with E-state index < -0.39 is 0 Å². The Bertz CT molecular complexity index is 969. The first-order chi connectivity index (χ1) is 17.9. The molecule has 1 aliphatic carbocycles. The minimum Gasteiger partial charge on any atom is -0.0919 e. The fraction of sp³-hybridized carbons (Fsp3) is 0.487. The number of benzene rings is 3. The second-order valence-electron chi connectivity index (χ2n) is 11.2. The molecule has 2 unspecified atom stereocenters. The molecule has 0 radical (unpaired) electrons. The highest BCUT2D eigenvalue weighted by molar-refractivity contribution is 5.29. The van der Waals surface area contributed by atoms with Crippen LogP contribution in [-0.2, 0) is 0 Å². The molecule has 0 nitrogen and oxygen atoms in total. The van der Waals surface area contributed by atoms with E-state index in [1.54, 1.807) is 0 Å². The van der Waals surface area contributed by atoms with Crippen molar-refractivity contribution in [2.45, 2.75) is 116 Å². The first-order valence-corrected chi connectivity index (χ1v) is 14.6. The smallest absolute Gasteiger partial charge is 0.0395 e. The van der Waals surface area contributed by atoms with Crippen LogP contribution in [0.1, 0.15) is 105 Å². The first-order valence-electron chi connectivity index (χ1n) is 14.6. The number of hydrogen-bond donors (Lipinski definition) is 0. The number of aryl methyl sites for hydroxylation is 8. The Morgan fingerprint density at radius 2 is 0.795 bits per heavy atom. The number of rotatable bonds is 0. The van der Waals surface area contributed by atoms with Gasteiger partial charge in [0.15, 0.2) is 0 Å². The fourth-order valence-electron chi connectivity index (χ4n) is 3.95. The van der Waals surface area contributed by atoms with Gasteiger partial charge in [0.1, 0.15) is 0 Å². The summed E-state index contributed by atoms with van der Waals surface area (Å²) in [7, 11) is 0. The lowest BCUT2D eigenvalue weighted by molar-refractivity contribution is 0.277. The SMILES string of the molecule is C.C/C=C\C.CC1CCCCC1C.Cc1ccc(C)c(C)c1.Cc1ccc(C)c(C)c1.Cc1ccccc1C. The second-order valence-corrected chi connectivity index (χ2v) is 11.2. The minimum absolute atomic E-state index is 0. The van der Waals surface area contributed by atoms with Gasteiger partial charge in [-0.1, -0.05) is 131 Å². The molecule has 1 fully saturated rings. The molecule has 0 aromatic heterocycles. The van der Waals surface area contributed by atoms with E-state index in [0.29, 0.717) is 0 Å². The van der Waals surface area contributed by atoms with Crippen LogP contribution in [0.25, 0.3) is 0 Å². The van der Waals surface area contributed by atoms with Crippen molar-refractivity contribution in [2.24, 2.45) is 11.8 Å². The molecule has 1 aliphatic rings. The molecule has 3 aromatic rings. The Balaban J connectivity index is 0. The van der Waals surface area contributed by atoms with Crippen LogP contribution in [0.15, 0.2) is 72.8 Å². The van der Waals surface area contributed by atoms with E-state index in [1.807, 2.05) is 26.0 Å². The van der Waals surface area contributed by atoms with Crippen molar-refractivity contribution in [3.05, 3.63) is 117 Å². The van der Waals surface area contributed by atoms with Gasteiger partial charge in [0.25, 0.3) is 0 Å². The third-order valence-electron chi connectivity index (χ3n) is 7.62. The lowest BCUT2D eigenvalue weighted by Crippen LogP contribution is -2.12. The highest BCUT2D eigenvalue weighted by Crippen LogP contribution is 2.28. The van der Waals surface area contributed by atoms with Gasteiger partial charge in [-0.25, -0.2) is 0 Å². The molecular weight excluding hydrogens is 468 g/mol. The summed E-state index contributed by atoms with van der Waals surface area (Å²) in [5.41, 5.74) is 10.9. The zero-order chi connectivity index (χ0) is 29.1. The predicted octanol–water partition coefficient (Wildman–Crippen LogP) is 12.6. The predicted molar refractivity (Wildman–Crippen MR) is 181 cm³/mol. The molecule has 39 heavy (non-hydrogen) atoms. The van der Waals surface area contributed by atoms with Crippen molar-refractivity contribution in [2.75, 3.05) is 0 Å². The summed E-state index contributed by atoms with van der Waals surface area (Å²) < 4.78 is 0. The van der Waals surface area contributed by atoms with Gasteiger partial charge >= 0.3 is 0 Å². The maximum Gasteiger partial charge on any atom is -0.0395 e. The molecule has 0 amide bonds. The first kappa shape index (κ1) is 38.5. The molecule has 2 atom stereocenters. The van der Waals surface area contributed by atoms with Crippen LogP contribution >= 0.6 is 0 Å². The van der Waals surface area contributed by atoms with E-state index in [9.17, 15) is 0 Å². The summed E-state index contributed by atoms with van der Waals surface area (Å²) in [5, 5.41) is 0. The molecule has 0 bridgehead atoms. The highest BCUT2D eigenvalue weighted by Gasteiger charge is 2.15. The van der Waals surface area contributed by atoms with E-state index in [1.165, 1.54) is 70.2 Å². The lowest BCUT2D eigenvalue weighted by atomic mass is 9.82. The molecule has 0 saturated heterocycles. The summed E-state index contributed by atoms with van der Waals surface area (Å²) in [6.45, 7) is 25.8. The van der Waals surface area contributed by atoms with Gasteiger partial charge in [0.05, 0.1) is 0 Å². The quantitative estimate of drug-likeness (QED) is 0.253. The summed E-state index contributed by atoms with van der Waals surface area (Å²) in [6.07, 6.45) is 9.90. The topological polar surface area (TPSA) is 0 Å². The average Bonchev–Trinajstić information content (AvgIpc) is 2.89. The molecule has 1 saturated carbocycles. The van der Waals surface area contributed by atoms with Gasteiger partial charge in [-0.15, -0.1) is 0 Å². The molecule has 218 valence electrons. The van der Waals surface area contributed by atoms with E-state index in [2.05, 4.69) is 130 Å². The molecule has 0 spiro atoms. The summed E-state index contributed by atoms with van der Waals surface area (Å²) in [6, 6.07) is 21.4. The number of hydrogen-bond acceptors (Lipinski definition) is 0. The van der Waals surface area contributed by atoms with Crippen LogP contribution in [0, 0.1) is 67.2 Å². The van der Waals surface area contributed by atoms with Crippen molar-refractivity contribution in [3.8, 4) is 0 Å². The third kappa shape index (κ3) is 18.3. The van der Waals surface area contributed by atoms with Crippen molar-refractivity contribution in [1.82, 2.24) is 0 Å². The maximum atomic E-state index is 2.38. The van der Waals surface area contributed by atoms with E-state index in [-0.39, 0.29) is 7.43 Å². The molecule has 4 rings (SSSR count). The molecule has 3 aromatic carbocycles. The Labute approximate surface area is 245 Å². The average molecular weight is 531 g/mol. The van der Waals surface area contributed by atoms with Crippen LogP contribution in [-0.4, -0.2) is 0 Å².